The zero-order chi connectivity index (χ0) is 20.4. The molecule has 1 aromatic carbocycles. The second-order valence-electron chi connectivity index (χ2n) is 6.41. The Morgan fingerprint density at radius 1 is 1.14 bits per heavy atom. The number of nitrogens with zero attached hydrogens (tertiary/aromatic N) is 2. The van der Waals surface area contributed by atoms with Crippen LogP contribution in [0.4, 0.5) is 16.2 Å². The van der Waals surface area contributed by atoms with E-state index in [1.165, 1.54) is 11.0 Å². The number of hydrogen-bond donors (Lipinski definition) is 3. The highest BCUT2D eigenvalue weighted by atomic mass is 16.5. The minimum absolute atomic E-state index is 0.0207. The predicted molar refractivity (Wildman–Crippen MR) is 107 cm³/mol. The van der Waals surface area contributed by atoms with E-state index < -0.39 is 11.9 Å². The van der Waals surface area contributed by atoms with E-state index in [4.69, 9.17) is 4.74 Å². The van der Waals surface area contributed by atoms with Crippen LogP contribution in [0.2, 0.25) is 0 Å². The molecule has 9 nitrogen and oxygen atoms in total. The van der Waals surface area contributed by atoms with E-state index in [9.17, 15) is 14.4 Å². The zero-order valence-electron chi connectivity index (χ0n) is 16.1. The lowest BCUT2D eigenvalue weighted by atomic mass is 10.2. The summed E-state index contributed by atoms with van der Waals surface area (Å²) in [4.78, 5) is 39.1. The van der Waals surface area contributed by atoms with Gasteiger partial charge in [-0.2, -0.15) is 0 Å². The number of carbonyl (C=O) groups excluding carboxylic acids is 3. The maximum atomic E-state index is 12.2. The molecule has 2 rings (SSSR count). The van der Waals surface area contributed by atoms with Crippen molar-refractivity contribution in [1.82, 2.24) is 15.5 Å². The van der Waals surface area contributed by atoms with Crippen LogP contribution in [0.15, 0.2) is 36.9 Å². The van der Waals surface area contributed by atoms with E-state index in [0.29, 0.717) is 18.9 Å². The average Bonchev–Trinajstić information content (AvgIpc) is 2.67. The molecule has 3 N–H and O–H groups in total. The molecule has 9 heteroatoms. The molecule has 0 aromatic heterocycles. The second-order valence-corrected chi connectivity index (χ2v) is 6.41. The largest absolute Gasteiger partial charge is 0.378 e. The van der Waals surface area contributed by atoms with Crippen molar-refractivity contribution in [3.05, 3.63) is 36.9 Å². The van der Waals surface area contributed by atoms with Gasteiger partial charge in [-0.3, -0.25) is 19.8 Å². The molecule has 0 saturated carbocycles. The first-order valence-electron chi connectivity index (χ1n) is 9.07. The summed E-state index contributed by atoms with van der Waals surface area (Å²) in [6.07, 6.45) is 1.51. The first-order valence-corrected chi connectivity index (χ1v) is 9.07. The molecule has 1 heterocycles. The van der Waals surface area contributed by atoms with Crippen molar-refractivity contribution in [1.29, 1.82) is 0 Å². The van der Waals surface area contributed by atoms with E-state index in [1.54, 1.807) is 7.05 Å². The number of rotatable bonds is 8. The van der Waals surface area contributed by atoms with Gasteiger partial charge in [0.1, 0.15) is 0 Å². The summed E-state index contributed by atoms with van der Waals surface area (Å²) < 4.78 is 5.34. The van der Waals surface area contributed by atoms with Crippen LogP contribution >= 0.6 is 0 Å². The van der Waals surface area contributed by atoms with Crippen molar-refractivity contribution >= 4 is 29.2 Å². The lowest BCUT2D eigenvalue weighted by Crippen LogP contribution is -2.45. The Balaban J connectivity index is 1.74. The molecule has 0 atom stereocenters. The summed E-state index contributed by atoms with van der Waals surface area (Å²) in [6.45, 7) is 6.81. The number of ether oxygens (including phenoxy) is 1. The van der Waals surface area contributed by atoms with Crippen molar-refractivity contribution in [3.63, 3.8) is 0 Å². The lowest BCUT2D eigenvalue weighted by Gasteiger charge is -2.28. The van der Waals surface area contributed by atoms with Gasteiger partial charge in [0.2, 0.25) is 11.8 Å². The van der Waals surface area contributed by atoms with Crippen LogP contribution in [0.3, 0.4) is 0 Å². The van der Waals surface area contributed by atoms with Gasteiger partial charge < -0.3 is 20.3 Å². The maximum absolute atomic E-state index is 12.2. The van der Waals surface area contributed by atoms with Gasteiger partial charge in [0.25, 0.3) is 0 Å². The van der Waals surface area contributed by atoms with E-state index in [1.807, 2.05) is 24.3 Å². The Morgan fingerprint density at radius 2 is 1.79 bits per heavy atom. The minimum Gasteiger partial charge on any atom is -0.378 e. The third-order valence-electron chi connectivity index (χ3n) is 4.01. The van der Waals surface area contributed by atoms with Crippen molar-refractivity contribution in [2.45, 2.75) is 0 Å². The quantitative estimate of drug-likeness (QED) is 0.557. The average molecular weight is 389 g/mol. The van der Waals surface area contributed by atoms with E-state index >= 15 is 0 Å². The Hall–Kier alpha value is -2.91. The lowest BCUT2D eigenvalue weighted by molar-refractivity contribution is -0.122. The predicted octanol–water partition coefficient (Wildman–Crippen LogP) is 0.405. The zero-order valence-corrected chi connectivity index (χ0v) is 16.1. The van der Waals surface area contributed by atoms with Crippen molar-refractivity contribution in [3.8, 4) is 0 Å². The Bertz CT molecular complexity index is 686. The standard InChI is InChI=1S/C19H27N5O4/c1-3-8-20-19(27)22-18(26)14-23(2)13-17(25)21-15-4-6-16(7-5-15)24-9-11-28-12-10-24/h3-7H,1,8-14H2,2H3,(H,21,25)(H2,20,22,26,27). The molecule has 4 amide bonds. The van der Waals surface area contributed by atoms with Crippen molar-refractivity contribution < 1.29 is 19.1 Å². The molecule has 28 heavy (non-hydrogen) atoms. The van der Waals surface area contributed by atoms with Crippen LogP contribution in [0.1, 0.15) is 0 Å². The van der Waals surface area contributed by atoms with E-state index in [0.717, 1.165) is 18.8 Å². The highest BCUT2D eigenvalue weighted by Gasteiger charge is 2.14. The van der Waals surface area contributed by atoms with Gasteiger partial charge >= 0.3 is 6.03 Å². The highest BCUT2D eigenvalue weighted by molar-refractivity contribution is 5.96. The number of morpholine rings is 1. The maximum Gasteiger partial charge on any atom is 0.321 e. The molecule has 0 spiro atoms. The SMILES string of the molecule is C=CCNC(=O)NC(=O)CN(C)CC(=O)Nc1ccc(N2CCOCC2)cc1. The van der Waals surface area contributed by atoms with Gasteiger partial charge in [0, 0.05) is 31.0 Å². The number of benzene rings is 1. The van der Waals surface area contributed by atoms with Gasteiger partial charge in [0.05, 0.1) is 26.3 Å². The molecule has 1 aliphatic rings. The second kappa shape index (κ2) is 11.1. The Kier molecular flexibility index (Phi) is 8.44. The fourth-order valence-corrected chi connectivity index (χ4v) is 2.70. The number of urea groups is 1. The molecule has 0 bridgehead atoms. The third kappa shape index (κ3) is 7.37. The van der Waals surface area contributed by atoms with E-state index in [-0.39, 0.29) is 25.5 Å². The Labute approximate surface area is 164 Å². The summed E-state index contributed by atoms with van der Waals surface area (Å²) in [5, 5.41) is 7.42. The fourth-order valence-electron chi connectivity index (χ4n) is 2.70. The van der Waals surface area contributed by atoms with Crippen LogP contribution in [0.5, 0.6) is 0 Å². The van der Waals surface area contributed by atoms with Gasteiger partial charge in [-0.05, 0) is 31.3 Å². The van der Waals surface area contributed by atoms with Gasteiger partial charge in [0.15, 0.2) is 0 Å². The molecule has 0 unspecified atom stereocenters. The first kappa shape index (κ1) is 21.4. The number of likely N-dealkylation sites (N-methyl/N-ethyl adjacent to an activating group) is 1. The number of amides is 4. The molecule has 152 valence electrons. The highest BCUT2D eigenvalue weighted by Crippen LogP contribution is 2.18. The molecular weight excluding hydrogens is 362 g/mol. The molecule has 1 aromatic rings. The van der Waals surface area contributed by atoms with Gasteiger partial charge in [-0.1, -0.05) is 6.08 Å². The molecular formula is C19H27N5O4. The number of carbonyl (C=O) groups is 3. The first-order chi connectivity index (χ1) is 13.5. The van der Waals surface area contributed by atoms with Gasteiger partial charge in [-0.15, -0.1) is 6.58 Å². The number of imide groups is 1. The van der Waals surface area contributed by atoms with Crippen molar-refractivity contribution in [2.75, 3.05) is 63.2 Å². The van der Waals surface area contributed by atoms with E-state index in [2.05, 4.69) is 27.4 Å². The van der Waals surface area contributed by atoms with Crippen molar-refractivity contribution in [2.24, 2.45) is 0 Å². The third-order valence-corrected chi connectivity index (χ3v) is 4.01. The van der Waals surface area contributed by atoms with Crippen LogP contribution < -0.4 is 20.9 Å². The number of nitrogens with one attached hydrogen (secondary N) is 3. The monoisotopic (exact) mass is 389 g/mol. The molecule has 1 aliphatic heterocycles. The molecule has 0 radical (unpaired) electrons. The summed E-state index contributed by atoms with van der Waals surface area (Å²) in [5.74, 6) is -0.739. The van der Waals surface area contributed by atoms with Crippen LogP contribution in [0.25, 0.3) is 0 Å². The summed E-state index contributed by atoms with van der Waals surface area (Å²) in [7, 11) is 1.63. The van der Waals surface area contributed by atoms with Crippen LogP contribution in [-0.2, 0) is 14.3 Å². The van der Waals surface area contributed by atoms with Gasteiger partial charge in [-0.25, -0.2) is 4.79 Å². The number of hydrogen-bond acceptors (Lipinski definition) is 6. The summed E-state index contributed by atoms with van der Waals surface area (Å²) >= 11 is 0. The fraction of sp³-hybridized carbons (Fsp3) is 0.421. The Morgan fingerprint density at radius 3 is 2.43 bits per heavy atom. The van der Waals surface area contributed by atoms with Crippen LogP contribution in [-0.4, -0.2) is 75.7 Å². The smallest absolute Gasteiger partial charge is 0.321 e. The summed E-state index contributed by atoms with van der Waals surface area (Å²) in [6, 6.07) is 7.02. The molecule has 0 aliphatic carbocycles. The molecule has 1 fully saturated rings. The number of anilines is 2. The minimum atomic E-state index is -0.594. The molecule has 1 saturated heterocycles. The summed E-state index contributed by atoms with van der Waals surface area (Å²) in [5.41, 5.74) is 1.77. The van der Waals surface area contributed by atoms with Crippen LogP contribution in [0, 0.1) is 0 Å². The normalized spacial score (nSPS) is 13.7. The topological polar surface area (TPSA) is 103 Å².